The molecule has 0 radical (unpaired) electrons. The third-order valence-electron chi connectivity index (χ3n) is 4.01. The first kappa shape index (κ1) is 15.0. The van der Waals surface area contributed by atoms with Gasteiger partial charge in [-0.15, -0.1) is 0 Å². The number of carbonyl (C=O) groups excluding carboxylic acids is 1. The Kier molecular flexibility index (Phi) is 3.98. The lowest BCUT2D eigenvalue weighted by Gasteiger charge is -2.16. The quantitative estimate of drug-likeness (QED) is 0.698. The fraction of sp³-hybridized carbons (Fsp3) is 0.158. The minimum atomic E-state index is -0.430. The predicted molar refractivity (Wildman–Crippen MR) is 89.8 cm³/mol. The summed E-state index contributed by atoms with van der Waals surface area (Å²) in [7, 11) is 1.35. The van der Waals surface area contributed by atoms with E-state index in [-0.39, 0.29) is 5.56 Å². The highest BCUT2D eigenvalue weighted by Gasteiger charge is 2.19. The van der Waals surface area contributed by atoms with Crippen LogP contribution >= 0.6 is 0 Å². The van der Waals surface area contributed by atoms with E-state index in [4.69, 9.17) is 4.74 Å². The Bertz CT molecular complexity index is 926. The second kappa shape index (κ2) is 6.08. The molecule has 0 aliphatic carbocycles. The first-order valence-corrected chi connectivity index (χ1v) is 7.38. The molecule has 0 aliphatic rings. The fourth-order valence-electron chi connectivity index (χ4n) is 2.83. The van der Waals surface area contributed by atoms with E-state index in [1.165, 1.54) is 7.11 Å². The number of aromatic nitrogens is 1. The van der Waals surface area contributed by atoms with Crippen molar-refractivity contribution >= 4 is 16.7 Å². The standard InChI is InChI=1S/C19H17NO3/c1-13-17(19(22)23-2)15-10-6-7-11-16(15)18(21)20(13)12-14-8-4-3-5-9-14/h3-11H,12H2,1-2H3. The molecule has 2 aromatic carbocycles. The highest BCUT2D eigenvalue weighted by Crippen LogP contribution is 2.21. The van der Waals surface area contributed by atoms with E-state index in [1.807, 2.05) is 36.4 Å². The highest BCUT2D eigenvalue weighted by atomic mass is 16.5. The first-order valence-electron chi connectivity index (χ1n) is 7.38. The zero-order valence-electron chi connectivity index (χ0n) is 13.1. The topological polar surface area (TPSA) is 48.3 Å². The van der Waals surface area contributed by atoms with Crippen LogP contribution in [-0.2, 0) is 11.3 Å². The maximum atomic E-state index is 12.8. The van der Waals surface area contributed by atoms with Crippen LogP contribution in [0.5, 0.6) is 0 Å². The molecule has 0 amide bonds. The van der Waals surface area contributed by atoms with Gasteiger partial charge in [0.15, 0.2) is 0 Å². The van der Waals surface area contributed by atoms with Gasteiger partial charge in [0.05, 0.1) is 19.2 Å². The second-order valence-corrected chi connectivity index (χ2v) is 5.37. The van der Waals surface area contributed by atoms with Crippen LogP contribution in [0.2, 0.25) is 0 Å². The summed E-state index contributed by atoms with van der Waals surface area (Å²) in [4.78, 5) is 25.1. The van der Waals surface area contributed by atoms with Crippen molar-refractivity contribution in [3.8, 4) is 0 Å². The molecule has 0 saturated heterocycles. The van der Waals surface area contributed by atoms with Crippen LogP contribution in [0.4, 0.5) is 0 Å². The number of hydrogen-bond acceptors (Lipinski definition) is 3. The van der Waals surface area contributed by atoms with Crippen LogP contribution in [0.3, 0.4) is 0 Å². The van der Waals surface area contributed by atoms with Gasteiger partial charge in [-0.05, 0) is 18.6 Å². The zero-order chi connectivity index (χ0) is 16.4. The summed E-state index contributed by atoms with van der Waals surface area (Å²) in [5.41, 5.74) is 1.96. The number of nitrogens with zero attached hydrogens (tertiary/aromatic N) is 1. The lowest BCUT2D eigenvalue weighted by molar-refractivity contribution is 0.0601. The molecule has 0 spiro atoms. The average Bonchev–Trinajstić information content (AvgIpc) is 2.59. The van der Waals surface area contributed by atoms with Gasteiger partial charge in [-0.3, -0.25) is 4.79 Å². The smallest absolute Gasteiger partial charge is 0.340 e. The number of benzene rings is 2. The minimum absolute atomic E-state index is 0.102. The summed E-state index contributed by atoms with van der Waals surface area (Å²) in [6.45, 7) is 2.20. The van der Waals surface area contributed by atoms with Crippen molar-refractivity contribution < 1.29 is 9.53 Å². The molecule has 0 saturated carbocycles. The molecule has 1 aromatic heterocycles. The zero-order valence-corrected chi connectivity index (χ0v) is 13.1. The molecule has 0 bridgehead atoms. The van der Waals surface area contributed by atoms with Gasteiger partial charge in [-0.25, -0.2) is 4.79 Å². The van der Waals surface area contributed by atoms with Gasteiger partial charge in [-0.1, -0.05) is 48.5 Å². The molecule has 4 heteroatoms. The lowest BCUT2D eigenvalue weighted by Crippen LogP contribution is -2.26. The molecule has 116 valence electrons. The van der Waals surface area contributed by atoms with Crippen molar-refractivity contribution in [2.75, 3.05) is 7.11 Å². The number of pyridine rings is 1. The molecule has 4 nitrogen and oxygen atoms in total. The Morgan fingerprint density at radius 3 is 2.26 bits per heavy atom. The van der Waals surface area contributed by atoms with Crippen molar-refractivity contribution in [2.45, 2.75) is 13.5 Å². The average molecular weight is 307 g/mol. The van der Waals surface area contributed by atoms with Crippen LogP contribution < -0.4 is 5.56 Å². The van der Waals surface area contributed by atoms with Gasteiger partial charge in [0.1, 0.15) is 0 Å². The van der Waals surface area contributed by atoms with Crippen LogP contribution in [0.1, 0.15) is 21.6 Å². The number of rotatable bonds is 3. The molecule has 0 unspecified atom stereocenters. The van der Waals surface area contributed by atoms with E-state index < -0.39 is 5.97 Å². The van der Waals surface area contributed by atoms with Crippen LogP contribution in [-0.4, -0.2) is 17.6 Å². The molecule has 1 heterocycles. The molecule has 3 rings (SSSR count). The van der Waals surface area contributed by atoms with E-state index in [1.54, 1.807) is 29.7 Å². The van der Waals surface area contributed by atoms with E-state index in [0.717, 1.165) is 5.56 Å². The van der Waals surface area contributed by atoms with Crippen molar-refractivity contribution in [3.63, 3.8) is 0 Å². The Labute approximate surface area is 133 Å². The predicted octanol–water partition coefficient (Wildman–Crippen LogP) is 3.14. The Balaban J connectivity index is 2.30. The Morgan fingerprint density at radius 1 is 1.00 bits per heavy atom. The van der Waals surface area contributed by atoms with Gasteiger partial charge in [0.2, 0.25) is 0 Å². The SMILES string of the molecule is COC(=O)c1c(C)n(Cc2ccccc2)c(=O)c2ccccc12. The lowest BCUT2D eigenvalue weighted by atomic mass is 10.0. The van der Waals surface area contributed by atoms with Gasteiger partial charge in [0, 0.05) is 16.5 Å². The number of methoxy groups -OCH3 is 1. The summed E-state index contributed by atoms with van der Waals surface area (Å²) >= 11 is 0. The largest absolute Gasteiger partial charge is 0.465 e. The third-order valence-corrected chi connectivity index (χ3v) is 4.01. The number of carbonyl (C=O) groups is 1. The minimum Gasteiger partial charge on any atom is -0.465 e. The summed E-state index contributed by atoms with van der Waals surface area (Å²) in [5.74, 6) is -0.430. The monoisotopic (exact) mass is 307 g/mol. The number of fused-ring (bicyclic) bond motifs is 1. The van der Waals surface area contributed by atoms with Gasteiger partial charge in [-0.2, -0.15) is 0 Å². The summed E-state index contributed by atoms with van der Waals surface area (Å²) in [6, 6.07) is 16.8. The molecule has 3 aromatic rings. The van der Waals surface area contributed by atoms with Crippen molar-refractivity contribution in [1.29, 1.82) is 0 Å². The van der Waals surface area contributed by atoms with Crippen LogP contribution in [0.15, 0.2) is 59.4 Å². The van der Waals surface area contributed by atoms with Crippen molar-refractivity contribution in [1.82, 2.24) is 4.57 Å². The molecule has 0 atom stereocenters. The van der Waals surface area contributed by atoms with Crippen LogP contribution in [0.25, 0.3) is 10.8 Å². The summed E-state index contributed by atoms with van der Waals surface area (Å²) < 4.78 is 6.54. The van der Waals surface area contributed by atoms with Crippen LogP contribution in [0, 0.1) is 6.92 Å². The highest BCUT2D eigenvalue weighted by molar-refractivity contribution is 6.05. The van der Waals surface area contributed by atoms with E-state index in [0.29, 0.717) is 28.6 Å². The Morgan fingerprint density at radius 2 is 1.61 bits per heavy atom. The summed E-state index contributed by atoms with van der Waals surface area (Å²) in [6.07, 6.45) is 0. The summed E-state index contributed by atoms with van der Waals surface area (Å²) in [5, 5.41) is 1.15. The molecular weight excluding hydrogens is 290 g/mol. The van der Waals surface area contributed by atoms with E-state index in [2.05, 4.69) is 0 Å². The van der Waals surface area contributed by atoms with Gasteiger partial charge >= 0.3 is 5.97 Å². The number of hydrogen-bond donors (Lipinski definition) is 0. The second-order valence-electron chi connectivity index (χ2n) is 5.37. The maximum absolute atomic E-state index is 12.8. The molecular formula is C19H17NO3. The normalized spacial score (nSPS) is 10.7. The molecule has 23 heavy (non-hydrogen) atoms. The third kappa shape index (κ3) is 2.63. The fourth-order valence-corrected chi connectivity index (χ4v) is 2.83. The number of ether oxygens (including phenoxy) is 1. The number of esters is 1. The molecule has 0 N–H and O–H groups in total. The van der Waals surface area contributed by atoms with Gasteiger partial charge < -0.3 is 9.30 Å². The van der Waals surface area contributed by atoms with Gasteiger partial charge in [0.25, 0.3) is 5.56 Å². The Hall–Kier alpha value is -2.88. The van der Waals surface area contributed by atoms with Crippen molar-refractivity contribution in [2.24, 2.45) is 0 Å². The molecule has 0 aliphatic heterocycles. The molecule has 0 fully saturated rings. The van der Waals surface area contributed by atoms with Crippen molar-refractivity contribution in [3.05, 3.63) is 81.8 Å². The first-order chi connectivity index (χ1) is 11.1. The van der Waals surface area contributed by atoms with E-state index in [9.17, 15) is 9.59 Å². The maximum Gasteiger partial charge on any atom is 0.340 e. The van der Waals surface area contributed by atoms with E-state index >= 15 is 0 Å².